The Kier molecular flexibility index (Phi) is 6.60. The third-order valence-electron chi connectivity index (χ3n) is 2.87. The van der Waals surface area contributed by atoms with Crippen molar-refractivity contribution in [1.29, 1.82) is 0 Å². The summed E-state index contributed by atoms with van der Waals surface area (Å²) in [6.45, 7) is 0.672. The molecule has 0 saturated carbocycles. The fraction of sp³-hybridized carbons (Fsp3) is 1.00. The Morgan fingerprint density at radius 1 is 1.37 bits per heavy atom. The van der Waals surface area contributed by atoms with Gasteiger partial charge in [-0.15, -0.1) is 0 Å². The summed E-state index contributed by atoms with van der Waals surface area (Å²) in [4.78, 5) is 0. The van der Waals surface area contributed by atoms with Crippen LogP contribution in [0.15, 0.2) is 0 Å². The Hall–Kier alpha value is -0.290. The summed E-state index contributed by atoms with van der Waals surface area (Å²) in [5, 5.41) is 22.2. The molecule has 0 bridgehead atoms. The number of aliphatic hydroxyl groups is 2. The largest absolute Gasteiger partial charge is 0.390 e. The summed E-state index contributed by atoms with van der Waals surface area (Å²) in [6.07, 6.45) is -2.55. The van der Waals surface area contributed by atoms with E-state index in [1.807, 2.05) is 0 Å². The molecule has 0 aliphatic carbocycles. The van der Waals surface area contributed by atoms with Crippen LogP contribution in [0, 0.1) is 0 Å². The highest BCUT2D eigenvalue weighted by Crippen LogP contribution is 2.20. The zero-order chi connectivity index (χ0) is 14.5. The number of aliphatic hydroxyl groups excluding tert-OH is 2. The summed E-state index contributed by atoms with van der Waals surface area (Å²) >= 11 is 0. The van der Waals surface area contributed by atoms with E-state index in [9.17, 15) is 18.6 Å². The number of ether oxygens (including phenoxy) is 2. The first-order valence-corrected chi connectivity index (χ1v) is 7.64. The molecule has 0 aromatic carbocycles. The quantitative estimate of drug-likeness (QED) is 0.325. The van der Waals surface area contributed by atoms with Crippen molar-refractivity contribution in [1.82, 2.24) is 5.32 Å². The minimum atomic E-state index is -3.93. The average Bonchev–Trinajstić information content (AvgIpc) is 2.29. The van der Waals surface area contributed by atoms with Crippen molar-refractivity contribution in [2.45, 2.75) is 37.4 Å². The molecular weight excluding hydrogens is 278 g/mol. The average molecular weight is 299 g/mol. The van der Waals surface area contributed by atoms with Crippen molar-refractivity contribution in [2.75, 3.05) is 26.0 Å². The van der Waals surface area contributed by atoms with Gasteiger partial charge in [0.15, 0.2) is 6.29 Å². The SMILES string of the molecule is COC1O[C@H](CNCCCS(=O)(=O)O)C(O)CC1O. The molecule has 0 aromatic heterocycles. The predicted molar refractivity (Wildman–Crippen MR) is 66.2 cm³/mol. The molecule has 0 radical (unpaired) electrons. The van der Waals surface area contributed by atoms with Crippen LogP contribution in [0.2, 0.25) is 0 Å². The van der Waals surface area contributed by atoms with Gasteiger partial charge in [0.2, 0.25) is 0 Å². The third kappa shape index (κ3) is 6.13. The molecule has 1 saturated heterocycles. The van der Waals surface area contributed by atoms with Gasteiger partial charge in [0.1, 0.15) is 6.10 Å². The fourth-order valence-electron chi connectivity index (χ4n) is 1.88. The van der Waals surface area contributed by atoms with E-state index in [1.54, 1.807) is 0 Å². The van der Waals surface area contributed by atoms with Gasteiger partial charge in [-0.05, 0) is 13.0 Å². The molecule has 4 N–H and O–H groups in total. The lowest BCUT2D eigenvalue weighted by Gasteiger charge is -2.36. The second-order valence-electron chi connectivity index (χ2n) is 4.49. The standard InChI is InChI=1S/C10H21NO7S/c1-17-10-8(13)5-7(12)9(18-10)6-11-3-2-4-19(14,15)16/h7-13H,2-6H2,1H3,(H,14,15,16)/t7?,8?,9-,10?/m1/s1. The highest BCUT2D eigenvalue weighted by Gasteiger charge is 2.35. The lowest BCUT2D eigenvalue weighted by atomic mass is 10.0. The molecule has 19 heavy (non-hydrogen) atoms. The van der Waals surface area contributed by atoms with E-state index in [-0.39, 0.29) is 18.6 Å². The minimum Gasteiger partial charge on any atom is -0.390 e. The van der Waals surface area contributed by atoms with Gasteiger partial charge in [0.05, 0.1) is 18.0 Å². The van der Waals surface area contributed by atoms with Gasteiger partial charge < -0.3 is 25.0 Å². The molecule has 0 spiro atoms. The molecule has 3 unspecified atom stereocenters. The predicted octanol–water partition coefficient (Wildman–Crippen LogP) is -1.66. The summed E-state index contributed by atoms with van der Waals surface area (Å²) < 4.78 is 39.8. The van der Waals surface area contributed by atoms with Gasteiger partial charge in [0.25, 0.3) is 10.1 Å². The first-order valence-electron chi connectivity index (χ1n) is 6.03. The van der Waals surface area contributed by atoms with Crippen molar-refractivity contribution >= 4 is 10.1 Å². The van der Waals surface area contributed by atoms with Crippen molar-refractivity contribution in [3.8, 4) is 0 Å². The number of hydrogen-bond acceptors (Lipinski definition) is 7. The van der Waals surface area contributed by atoms with E-state index in [0.717, 1.165) is 0 Å². The van der Waals surface area contributed by atoms with Crippen LogP contribution in [-0.4, -0.2) is 73.7 Å². The smallest absolute Gasteiger partial charge is 0.264 e. The Labute approximate surface area is 112 Å². The van der Waals surface area contributed by atoms with Crippen molar-refractivity contribution < 1.29 is 32.7 Å². The fourth-order valence-corrected chi connectivity index (χ4v) is 2.39. The van der Waals surface area contributed by atoms with Crippen LogP contribution < -0.4 is 5.32 Å². The van der Waals surface area contributed by atoms with Crippen molar-refractivity contribution in [2.24, 2.45) is 0 Å². The number of hydrogen-bond donors (Lipinski definition) is 4. The van der Waals surface area contributed by atoms with Gasteiger partial charge in [-0.3, -0.25) is 4.55 Å². The Balaban J connectivity index is 2.24. The van der Waals surface area contributed by atoms with E-state index >= 15 is 0 Å². The Bertz CT molecular complexity index is 361. The monoisotopic (exact) mass is 299 g/mol. The van der Waals surface area contributed by atoms with Crippen LogP contribution in [0.3, 0.4) is 0 Å². The van der Waals surface area contributed by atoms with Crippen LogP contribution in [0.25, 0.3) is 0 Å². The van der Waals surface area contributed by atoms with E-state index in [4.69, 9.17) is 14.0 Å². The van der Waals surface area contributed by atoms with Crippen molar-refractivity contribution in [3.63, 3.8) is 0 Å². The second-order valence-corrected chi connectivity index (χ2v) is 6.06. The summed E-state index contributed by atoms with van der Waals surface area (Å²) in [5.74, 6) is -0.312. The molecule has 9 heteroatoms. The Morgan fingerprint density at radius 2 is 2.05 bits per heavy atom. The topological polar surface area (TPSA) is 125 Å². The van der Waals surface area contributed by atoms with Gasteiger partial charge in [-0.25, -0.2) is 0 Å². The van der Waals surface area contributed by atoms with Gasteiger partial charge in [-0.2, -0.15) is 8.42 Å². The van der Waals surface area contributed by atoms with Crippen LogP contribution in [0.1, 0.15) is 12.8 Å². The maximum absolute atomic E-state index is 10.5. The number of nitrogens with one attached hydrogen (secondary N) is 1. The maximum Gasteiger partial charge on any atom is 0.264 e. The van der Waals surface area contributed by atoms with Crippen LogP contribution in [0.5, 0.6) is 0 Å². The molecular formula is C10H21NO7S. The van der Waals surface area contributed by atoms with Crippen LogP contribution in [-0.2, 0) is 19.6 Å². The molecule has 1 fully saturated rings. The van der Waals surface area contributed by atoms with Crippen LogP contribution in [0.4, 0.5) is 0 Å². The third-order valence-corrected chi connectivity index (χ3v) is 3.67. The van der Waals surface area contributed by atoms with Crippen LogP contribution >= 0.6 is 0 Å². The maximum atomic E-state index is 10.5. The summed E-state index contributed by atoms with van der Waals surface area (Å²) in [7, 11) is -2.53. The van der Waals surface area contributed by atoms with Gasteiger partial charge in [0, 0.05) is 20.1 Å². The second kappa shape index (κ2) is 7.48. The minimum absolute atomic E-state index is 0.163. The molecule has 4 atom stereocenters. The van der Waals surface area contributed by atoms with E-state index in [2.05, 4.69) is 5.32 Å². The lowest BCUT2D eigenvalue weighted by Crippen LogP contribution is -2.51. The highest BCUT2D eigenvalue weighted by molar-refractivity contribution is 7.85. The molecule has 8 nitrogen and oxygen atoms in total. The molecule has 114 valence electrons. The zero-order valence-electron chi connectivity index (χ0n) is 10.7. The zero-order valence-corrected chi connectivity index (χ0v) is 11.5. The molecule has 1 rings (SSSR count). The normalized spacial score (nSPS) is 32.4. The van der Waals surface area contributed by atoms with Crippen molar-refractivity contribution in [3.05, 3.63) is 0 Å². The summed E-state index contributed by atoms with van der Waals surface area (Å²) in [5.41, 5.74) is 0. The molecule has 0 amide bonds. The molecule has 0 aromatic rings. The van der Waals surface area contributed by atoms with E-state index in [1.165, 1.54) is 7.11 Å². The number of methoxy groups -OCH3 is 1. The lowest BCUT2D eigenvalue weighted by molar-refractivity contribution is -0.254. The van der Waals surface area contributed by atoms with Gasteiger partial charge in [-0.1, -0.05) is 0 Å². The first-order chi connectivity index (χ1) is 8.83. The number of rotatable bonds is 7. The molecule has 1 heterocycles. The molecule has 1 aliphatic rings. The Morgan fingerprint density at radius 3 is 2.63 bits per heavy atom. The first kappa shape index (κ1) is 16.8. The van der Waals surface area contributed by atoms with Gasteiger partial charge >= 0.3 is 0 Å². The molecule has 1 aliphatic heterocycles. The highest BCUT2D eigenvalue weighted by atomic mass is 32.2. The summed E-state index contributed by atoms with van der Waals surface area (Å²) in [6, 6.07) is 0. The van der Waals surface area contributed by atoms with E-state index < -0.39 is 34.7 Å². The van der Waals surface area contributed by atoms with E-state index in [0.29, 0.717) is 13.1 Å².